The van der Waals surface area contributed by atoms with Gasteiger partial charge in [-0.3, -0.25) is 9.05 Å². The molecule has 0 saturated carbocycles. The first-order valence-electron chi connectivity index (χ1n) is 20.9. The van der Waals surface area contributed by atoms with Crippen molar-refractivity contribution in [2.24, 2.45) is 0 Å². The number of benzene rings is 4. The summed E-state index contributed by atoms with van der Waals surface area (Å²) in [4.78, 5) is 0. The fourth-order valence-corrected chi connectivity index (χ4v) is 9.96. The van der Waals surface area contributed by atoms with E-state index in [4.69, 9.17) is 44.8 Å². The zero-order valence-corrected chi connectivity index (χ0v) is 41.2. The molecule has 12 heteroatoms. The first-order valence-corrected chi connectivity index (χ1v) is 23.1. The maximum Gasteiger partial charge on any atom is 0.387 e. The van der Waals surface area contributed by atoms with Crippen molar-refractivity contribution >= 4 is 60.4 Å². The topological polar surface area (TPSA) is 108 Å². The van der Waals surface area contributed by atoms with Crippen LogP contribution in [0.1, 0.15) is 126 Å². The van der Waals surface area contributed by atoms with E-state index in [0.29, 0.717) is 28.8 Å². The fourth-order valence-electron chi connectivity index (χ4n) is 7.57. The number of fused-ring (bicyclic) bond motifs is 6. The molecule has 10 nitrogen and oxygen atoms in total. The van der Waals surface area contributed by atoms with Crippen molar-refractivity contribution in [1.82, 2.24) is 0 Å². The first kappa shape index (κ1) is 46.3. The average Bonchev–Trinajstić information content (AvgIpc) is 3.41. The van der Waals surface area contributed by atoms with E-state index in [0.717, 1.165) is 66.8 Å². The monoisotopic (exact) mass is 876 g/mol. The quantitative estimate of drug-likeness (QED) is 0.132. The summed E-state index contributed by atoms with van der Waals surface area (Å²) in [6, 6.07) is 16.2. The molecule has 2 aromatic heterocycles. The lowest BCUT2D eigenvalue weighted by atomic mass is 9.84. The van der Waals surface area contributed by atoms with Crippen LogP contribution in [0.3, 0.4) is 0 Å². The molecule has 0 amide bonds. The lowest BCUT2D eigenvalue weighted by Crippen LogP contribution is -2.21. The minimum absolute atomic E-state index is 0.294. The molecule has 0 aliphatic carbocycles. The van der Waals surface area contributed by atoms with Gasteiger partial charge in [0.25, 0.3) is 0 Å². The first-order chi connectivity index (χ1) is 28.4. The molecule has 61 heavy (non-hydrogen) atoms. The van der Waals surface area contributed by atoms with Crippen LogP contribution in [0.2, 0.25) is 0 Å². The van der Waals surface area contributed by atoms with Gasteiger partial charge in [0, 0.05) is 50.2 Å². The van der Waals surface area contributed by atoms with E-state index in [1.807, 2.05) is 62.4 Å². The standard InChI is InChI=1S/C49H66O10P2/c1-28(54-60-56-42-34(20-30(50-15)24-38(42)46(3,4)5)35-21-31(51-16)25-39(43(35)57-60)47(6,7)8)19-29(2)55-61-58-44-36(22-32(52-17)26-40(44)48(9,10)11)37-23-33(53-18)27-41(45(37)59-61)49(12,13)14/h20-29H,19H2,1-18H3/t28-,29-/m1/s1. The molecule has 0 saturated heterocycles. The van der Waals surface area contributed by atoms with Gasteiger partial charge in [-0.1, -0.05) is 83.1 Å². The molecule has 4 aromatic carbocycles. The third kappa shape index (κ3) is 9.89. The van der Waals surface area contributed by atoms with Gasteiger partial charge in [0.05, 0.1) is 40.6 Å². The molecular weight excluding hydrogens is 810 g/mol. The van der Waals surface area contributed by atoms with Crippen molar-refractivity contribution in [3.05, 3.63) is 70.8 Å². The second-order valence-electron chi connectivity index (χ2n) is 20.1. The summed E-state index contributed by atoms with van der Waals surface area (Å²) in [7, 11) is 2.82. The van der Waals surface area contributed by atoms with Crippen molar-refractivity contribution in [3.8, 4) is 23.0 Å². The Morgan fingerprint density at radius 2 is 0.607 bits per heavy atom. The summed E-state index contributed by atoms with van der Waals surface area (Å²) >= 11 is 0. The van der Waals surface area contributed by atoms with Crippen LogP contribution in [0.5, 0.6) is 23.0 Å². The van der Waals surface area contributed by atoms with Crippen molar-refractivity contribution < 1.29 is 44.8 Å². The van der Waals surface area contributed by atoms with E-state index >= 15 is 0 Å². The Morgan fingerprint density at radius 1 is 0.393 bits per heavy atom. The third-order valence-electron chi connectivity index (χ3n) is 10.9. The van der Waals surface area contributed by atoms with Gasteiger partial charge >= 0.3 is 16.5 Å². The second kappa shape index (κ2) is 17.2. The largest absolute Gasteiger partial charge is 0.497 e. The van der Waals surface area contributed by atoms with Crippen LogP contribution >= 0.6 is 16.5 Å². The van der Waals surface area contributed by atoms with Gasteiger partial charge < -0.3 is 35.7 Å². The van der Waals surface area contributed by atoms with E-state index < -0.39 is 16.5 Å². The Hall–Kier alpha value is -4.20. The summed E-state index contributed by atoms with van der Waals surface area (Å²) < 4.78 is 64.4. The van der Waals surface area contributed by atoms with E-state index in [9.17, 15) is 0 Å². The average molecular weight is 877 g/mol. The molecule has 0 fully saturated rings. The summed E-state index contributed by atoms with van der Waals surface area (Å²) in [5.41, 5.74) is 5.51. The van der Waals surface area contributed by atoms with Crippen molar-refractivity contribution in [2.45, 2.75) is 137 Å². The summed E-state index contributed by atoms with van der Waals surface area (Å²) in [5, 5.41) is 3.42. The Bertz CT molecular complexity index is 2300. The molecule has 6 rings (SSSR count). The second-order valence-corrected chi connectivity index (χ2v) is 22.1. The molecule has 0 bridgehead atoms. The minimum Gasteiger partial charge on any atom is -0.497 e. The molecule has 0 spiro atoms. The van der Waals surface area contributed by atoms with Crippen molar-refractivity contribution in [1.29, 1.82) is 0 Å². The predicted octanol–water partition coefficient (Wildman–Crippen LogP) is 14.8. The van der Waals surface area contributed by atoms with Crippen LogP contribution in [0, 0.1) is 0 Å². The normalized spacial score (nSPS) is 13.8. The van der Waals surface area contributed by atoms with Gasteiger partial charge in [-0.2, -0.15) is 0 Å². The van der Waals surface area contributed by atoms with Crippen molar-refractivity contribution in [2.75, 3.05) is 28.4 Å². The molecule has 2 atom stereocenters. The highest BCUT2D eigenvalue weighted by Crippen LogP contribution is 2.47. The highest BCUT2D eigenvalue weighted by atomic mass is 31.1. The molecule has 0 N–H and O–H groups in total. The van der Waals surface area contributed by atoms with Gasteiger partial charge in [0.2, 0.25) is 0 Å². The smallest absolute Gasteiger partial charge is 0.387 e. The van der Waals surface area contributed by atoms with Crippen LogP contribution < -0.4 is 28.0 Å². The predicted molar refractivity (Wildman–Crippen MR) is 250 cm³/mol. The van der Waals surface area contributed by atoms with Crippen LogP contribution in [-0.4, -0.2) is 40.6 Å². The zero-order chi connectivity index (χ0) is 45.0. The Balaban J connectivity index is 1.49. The highest BCUT2D eigenvalue weighted by molar-refractivity contribution is 7.32. The highest BCUT2D eigenvalue weighted by Gasteiger charge is 2.29. The molecule has 332 valence electrons. The SMILES string of the molecule is COc1cc(C(C)(C)C)c2op(O[C@H](C)C[C@@H](C)Op3oc4c(C(C)(C)C)cc(OC)cc4c4cc(OC)cc(C(C)(C)C)c4o3)oc3c(C(C)(C)C)cc(OC)cc3c2c1. The Labute approximate surface area is 363 Å². The fraction of sp³-hybridized carbons (Fsp3) is 0.510. The molecule has 0 unspecified atom stereocenters. The van der Waals surface area contributed by atoms with Gasteiger partial charge in [0.15, 0.2) is 0 Å². The number of hydrogen-bond donors (Lipinski definition) is 0. The maximum atomic E-state index is 6.88. The van der Waals surface area contributed by atoms with E-state index in [2.05, 4.69) is 83.1 Å². The summed E-state index contributed by atoms with van der Waals surface area (Å²) in [6.07, 6.45) is -0.225. The zero-order valence-electron chi connectivity index (χ0n) is 39.5. The van der Waals surface area contributed by atoms with E-state index in [1.54, 1.807) is 28.4 Å². The maximum absolute atomic E-state index is 6.88. The summed E-state index contributed by atoms with van der Waals surface area (Å²) in [5.74, 6) is 2.90. The number of methoxy groups -OCH3 is 4. The lowest BCUT2D eigenvalue weighted by molar-refractivity contribution is 0.184. The molecular formula is C49H66O10P2. The van der Waals surface area contributed by atoms with Crippen LogP contribution in [0.15, 0.2) is 65.3 Å². The molecule has 2 heterocycles. The molecule has 0 aliphatic rings. The number of rotatable bonds is 10. The van der Waals surface area contributed by atoms with E-state index in [1.165, 1.54) is 0 Å². The van der Waals surface area contributed by atoms with Gasteiger partial charge in [-0.25, -0.2) is 0 Å². The molecule has 0 aliphatic heterocycles. The van der Waals surface area contributed by atoms with Crippen LogP contribution in [-0.2, 0) is 21.7 Å². The minimum atomic E-state index is -1.95. The third-order valence-corrected chi connectivity index (χ3v) is 13.3. The van der Waals surface area contributed by atoms with E-state index in [-0.39, 0.29) is 33.9 Å². The number of ether oxygens (including phenoxy) is 4. The van der Waals surface area contributed by atoms with Gasteiger partial charge in [-0.15, -0.1) is 0 Å². The summed E-state index contributed by atoms with van der Waals surface area (Å²) in [6.45, 7) is 29.9. The Morgan fingerprint density at radius 3 is 0.787 bits per heavy atom. The van der Waals surface area contributed by atoms with Gasteiger partial charge in [-0.05, 0) is 84.0 Å². The number of hydrogen-bond acceptors (Lipinski definition) is 10. The van der Waals surface area contributed by atoms with Crippen LogP contribution in [0.25, 0.3) is 43.9 Å². The van der Waals surface area contributed by atoms with Crippen molar-refractivity contribution in [3.63, 3.8) is 0 Å². The lowest BCUT2D eigenvalue weighted by Gasteiger charge is -2.21. The molecule has 6 aromatic rings. The van der Waals surface area contributed by atoms with Gasteiger partial charge in [0.1, 0.15) is 45.3 Å². The molecule has 0 radical (unpaired) electrons. The van der Waals surface area contributed by atoms with Crippen LogP contribution in [0.4, 0.5) is 0 Å². The Kier molecular flexibility index (Phi) is 13.0.